The van der Waals surface area contributed by atoms with Crippen LogP contribution in [0.3, 0.4) is 0 Å². The monoisotopic (exact) mass is 587 g/mol. The Labute approximate surface area is 213 Å². The third-order valence-electron chi connectivity index (χ3n) is 5.17. The predicted molar refractivity (Wildman–Crippen MR) is 144 cm³/mol. The maximum atomic E-state index is 8.30. The van der Waals surface area contributed by atoms with Crippen LogP contribution in [0.1, 0.15) is 5.56 Å². The van der Waals surface area contributed by atoms with E-state index in [9.17, 15) is 0 Å². The molecule has 1 N–H and O–H groups in total. The number of rotatable bonds is 2. The Morgan fingerprint density at radius 2 is 1.16 bits per heavy atom. The van der Waals surface area contributed by atoms with E-state index in [-0.39, 0.29) is 0 Å². The standard InChI is InChI=1S/C18H8Br2Cl2.C7H8BO2/c19-17-7-10(22)6-16-12-2-4-14-15(5-9(21)8-18(14)20)11(12)1-3-13(16)17;1-6-4-2-3-5-7(6)10-8-9/h1-8H;2-5,9H,1H3. The number of benzene rings is 5. The van der Waals surface area contributed by atoms with Crippen LogP contribution in [0.4, 0.5) is 0 Å². The molecule has 0 aliphatic carbocycles. The van der Waals surface area contributed by atoms with Crippen LogP contribution in [0.15, 0.2) is 81.7 Å². The summed E-state index contributed by atoms with van der Waals surface area (Å²) < 4.78 is 6.78. The largest absolute Gasteiger partial charge is 0.569 e. The van der Waals surface area contributed by atoms with Crippen molar-refractivity contribution in [2.24, 2.45) is 0 Å². The van der Waals surface area contributed by atoms with Gasteiger partial charge >= 0.3 is 7.69 Å². The normalized spacial score (nSPS) is 10.8. The van der Waals surface area contributed by atoms with Crippen LogP contribution in [-0.4, -0.2) is 12.7 Å². The van der Waals surface area contributed by atoms with Crippen LogP contribution < -0.4 is 4.65 Å². The minimum Gasteiger partial charge on any atom is -0.537 e. The van der Waals surface area contributed by atoms with Crippen molar-refractivity contribution in [3.63, 3.8) is 0 Å². The number of aryl methyl sites for hydroxylation is 1. The summed E-state index contributed by atoms with van der Waals surface area (Å²) in [7, 11) is 0.683. The number of fused-ring (bicyclic) bond motifs is 5. The fourth-order valence-electron chi connectivity index (χ4n) is 3.68. The third kappa shape index (κ3) is 4.78. The van der Waals surface area contributed by atoms with E-state index in [1.807, 2.05) is 49.4 Å². The van der Waals surface area contributed by atoms with Crippen molar-refractivity contribution in [3.8, 4) is 5.75 Å². The molecule has 159 valence electrons. The van der Waals surface area contributed by atoms with E-state index in [0.29, 0.717) is 13.4 Å². The molecule has 0 bridgehead atoms. The van der Waals surface area contributed by atoms with Gasteiger partial charge in [-0.3, -0.25) is 0 Å². The third-order valence-corrected chi connectivity index (χ3v) is 6.91. The lowest BCUT2D eigenvalue weighted by Gasteiger charge is -2.10. The first kappa shape index (κ1) is 23.4. The zero-order valence-electron chi connectivity index (χ0n) is 16.9. The lowest BCUT2D eigenvalue weighted by molar-refractivity contribution is 0.452. The Hall–Kier alpha value is -1.76. The Kier molecular flexibility index (Phi) is 7.33. The molecule has 5 aromatic carbocycles. The molecule has 0 atom stereocenters. The molecule has 7 heteroatoms. The van der Waals surface area contributed by atoms with Gasteiger partial charge in [0.2, 0.25) is 0 Å². The summed E-state index contributed by atoms with van der Waals surface area (Å²) in [6.45, 7) is 1.92. The maximum Gasteiger partial charge on any atom is 0.569 e. The summed E-state index contributed by atoms with van der Waals surface area (Å²) in [5.74, 6) is 0.685. The maximum absolute atomic E-state index is 8.30. The fourth-order valence-corrected chi connectivity index (χ4v) is 5.57. The molecule has 0 spiro atoms. The van der Waals surface area contributed by atoms with Crippen molar-refractivity contribution in [1.82, 2.24) is 0 Å². The number of halogens is 4. The van der Waals surface area contributed by atoms with Gasteiger partial charge < -0.3 is 9.68 Å². The molecule has 0 saturated carbocycles. The summed E-state index contributed by atoms with van der Waals surface area (Å²) >= 11 is 19.7. The van der Waals surface area contributed by atoms with E-state index >= 15 is 0 Å². The van der Waals surface area contributed by atoms with Crippen molar-refractivity contribution in [1.29, 1.82) is 0 Å². The minimum absolute atomic E-state index is 0.683. The highest BCUT2D eigenvalue weighted by Gasteiger charge is 2.10. The topological polar surface area (TPSA) is 29.5 Å². The Morgan fingerprint density at radius 1 is 0.688 bits per heavy atom. The zero-order chi connectivity index (χ0) is 22.8. The van der Waals surface area contributed by atoms with E-state index in [2.05, 4.69) is 56.1 Å². The van der Waals surface area contributed by atoms with Crippen molar-refractivity contribution < 1.29 is 9.68 Å². The van der Waals surface area contributed by atoms with E-state index < -0.39 is 0 Å². The average Bonchev–Trinajstić information content (AvgIpc) is 2.75. The van der Waals surface area contributed by atoms with Crippen molar-refractivity contribution in [3.05, 3.63) is 97.4 Å². The molecule has 2 nitrogen and oxygen atoms in total. The second kappa shape index (κ2) is 10.0. The first-order valence-corrected chi connectivity index (χ1v) is 12.0. The average molecular weight is 590 g/mol. The highest BCUT2D eigenvalue weighted by Crippen LogP contribution is 2.38. The molecule has 0 saturated heterocycles. The molecule has 5 rings (SSSR count). The van der Waals surface area contributed by atoms with Gasteiger partial charge in [0.15, 0.2) is 0 Å². The van der Waals surface area contributed by atoms with Crippen LogP contribution in [0, 0.1) is 6.92 Å². The van der Waals surface area contributed by atoms with Gasteiger partial charge in [0.1, 0.15) is 5.75 Å². The lowest BCUT2D eigenvalue weighted by Crippen LogP contribution is -2.00. The highest BCUT2D eigenvalue weighted by atomic mass is 79.9. The predicted octanol–water partition coefficient (Wildman–Crippen LogP) is 8.88. The molecule has 0 aliphatic heterocycles. The fraction of sp³-hybridized carbons (Fsp3) is 0.0400. The molecule has 5 aromatic rings. The molecule has 1 radical (unpaired) electrons. The second-order valence-corrected chi connectivity index (χ2v) is 9.76. The van der Waals surface area contributed by atoms with Crippen molar-refractivity contribution in [2.75, 3.05) is 0 Å². The smallest absolute Gasteiger partial charge is 0.537 e. The number of hydrogen-bond acceptors (Lipinski definition) is 2. The first-order valence-electron chi connectivity index (χ1n) is 9.66. The molecule has 32 heavy (non-hydrogen) atoms. The minimum atomic E-state index is 0.683. The van der Waals surface area contributed by atoms with E-state index in [4.69, 9.17) is 32.9 Å². The molecule has 0 amide bonds. The summed E-state index contributed by atoms with van der Waals surface area (Å²) in [6.07, 6.45) is 0. The highest BCUT2D eigenvalue weighted by molar-refractivity contribution is 9.11. The molecule has 0 unspecified atom stereocenters. The van der Waals surface area contributed by atoms with Crippen LogP contribution in [-0.2, 0) is 0 Å². The van der Waals surface area contributed by atoms with Crippen molar-refractivity contribution >= 4 is 95.1 Å². The van der Waals surface area contributed by atoms with Gasteiger partial charge in [-0.25, -0.2) is 0 Å². The molecule has 0 aromatic heterocycles. The lowest BCUT2D eigenvalue weighted by atomic mass is 9.97. The molecular weight excluding hydrogens is 574 g/mol. The van der Waals surface area contributed by atoms with Gasteiger partial charge in [-0.2, -0.15) is 0 Å². The summed E-state index contributed by atoms with van der Waals surface area (Å²) in [5.41, 5.74) is 1.01. The van der Waals surface area contributed by atoms with Crippen LogP contribution in [0.2, 0.25) is 10.0 Å². The molecule has 0 fully saturated rings. The van der Waals surface area contributed by atoms with Crippen LogP contribution >= 0.6 is 55.1 Å². The molecule has 0 heterocycles. The Morgan fingerprint density at radius 3 is 1.62 bits per heavy atom. The Balaban J connectivity index is 0.000000207. The van der Waals surface area contributed by atoms with E-state index in [1.165, 1.54) is 10.8 Å². The van der Waals surface area contributed by atoms with E-state index in [1.54, 1.807) is 6.07 Å². The zero-order valence-corrected chi connectivity index (χ0v) is 21.6. The van der Waals surface area contributed by atoms with E-state index in [0.717, 1.165) is 46.1 Å². The van der Waals surface area contributed by atoms with Gasteiger partial charge in [0.05, 0.1) is 0 Å². The summed E-state index contributed by atoms with van der Waals surface area (Å²) in [4.78, 5) is 0. The van der Waals surface area contributed by atoms with Crippen LogP contribution in [0.5, 0.6) is 5.75 Å². The molecular formula is C25H16BBr2Cl2O2. The molecule has 0 aliphatic rings. The second-order valence-electron chi connectivity index (χ2n) is 7.18. The number of hydrogen-bond donors (Lipinski definition) is 1. The van der Waals surface area contributed by atoms with Gasteiger partial charge in [0, 0.05) is 19.0 Å². The van der Waals surface area contributed by atoms with Gasteiger partial charge in [-0.1, -0.05) is 97.5 Å². The number of para-hydroxylation sites is 1. The van der Waals surface area contributed by atoms with Gasteiger partial charge in [-0.15, -0.1) is 0 Å². The van der Waals surface area contributed by atoms with Crippen LogP contribution in [0.25, 0.3) is 32.3 Å². The Bertz CT molecular complexity index is 1370. The quantitative estimate of drug-likeness (QED) is 0.165. The van der Waals surface area contributed by atoms with Gasteiger partial charge in [-0.05, 0) is 75.1 Å². The summed E-state index contributed by atoms with van der Waals surface area (Å²) in [6, 6.07) is 23.9. The first-order chi connectivity index (χ1) is 15.4. The van der Waals surface area contributed by atoms with Gasteiger partial charge in [0.25, 0.3) is 0 Å². The van der Waals surface area contributed by atoms with Crippen molar-refractivity contribution in [2.45, 2.75) is 6.92 Å². The summed E-state index contributed by atoms with van der Waals surface area (Å²) in [5, 5.41) is 16.6. The SMILES string of the molecule is Cc1ccccc1O[B]O.Clc1cc(Br)c2ccc3c4cc(Cl)cc(Br)c4ccc3c2c1.